The summed E-state index contributed by atoms with van der Waals surface area (Å²) < 4.78 is 4.94. The molecule has 0 aliphatic carbocycles. The number of amides is 1. The number of ether oxygens (including phenoxy) is 1. The highest BCUT2D eigenvalue weighted by Crippen LogP contribution is 2.21. The SMILES string of the molecule is COc1nc(C)nc(N2CC(S)CC2=O)n1. The number of aromatic nitrogens is 3. The average molecular weight is 240 g/mol. The normalized spacial score (nSPS) is 20.3. The maximum Gasteiger partial charge on any atom is 0.321 e. The average Bonchev–Trinajstić information content (AvgIpc) is 2.57. The van der Waals surface area contributed by atoms with E-state index < -0.39 is 0 Å². The Morgan fingerprint density at radius 3 is 2.75 bits per heavy atom. The van der Waals surface area contributed by atoms with Crippen molar-refractivity contribution in [3.05, 3.63) is 5.82 Å². The van der Waals surface area contributed by atoms with Crippen molar-refractivity contribution in [1.29, 1.82) is 0 Å². The lowest BCUT2D eigenvalue weighted by molar-refractivity contribution is -0.117. The number of carbonyl (C=O) groups excluding carboxylic acids is 1. The van der Waals surface area contributed by atoms with Crippen molar-refractivity contribution in [1.82, 2.24) is 15.0 Å². The molecule has 1 aromatic rings. The van der Waals surface area contributed by atoms with E-state index in [0.29, 0.717) is 24.7 Å². The van der Waals surface area contributed by atoms with Crippen LogP contribution < -0.4 is 9.64 Å². The van der Waals surface area contributed by atoms with E-state index in [0.717, 1.165) is 0 Å². The van der Waals surface area contributed by atoms with Gasteiger partial charge in [0.1, 0.15) is 5.82 Å². The van der Waals surface area contributed by atoms with E-state index in [4.69, 9.17) is 4.74 Å². The van der Waals surface area contributed by atoms with Gasteiger partial charge in [-0.1, -0.05) is 0 Å². The largest absolute Gasteiger partial charge is 0.467 e. The highest BCUT2D eigenvalue weighted by Gasteiger charge is 2.30. The van der Waals surface area contributed by atoms with Crippen molar-refractivity contribution in [2.24, 2.45) is 0 Å². The van der Waals surface area contributed by atoms with E-state index in [-0.39, 0.29) is 17.2 Å². The number of rotatable bonds is 2. The molecule has 0 spiro atoms. The Morgan fingerprint density at radius 2 is 2.19 bits per heavy atom. The molecule has 1 saturated heterocycles. The second-order valence-electron chi connectivity index (χ2n) is 3.53. The fourth-order valence-electron chi connectivity index (χ4n) is 1.54. The lowest BCUT2D eigenvalue weighted by Gasteiger charge is -2.14. The molecular weight excluding hydrogens is 228 g/mol. The summed E-state index contributed by atoms with van der Waals surface area (Å²) in [6.07, 6.45) is 0.413. The van der Waals surface area contributed by atoms with Crippen LogP contribution in [0.15, 0.2) is 0 Å². The summed E-state index contributed by atoms with van der Waals surface area (Å²) in [5.74, 6) is 0.843. The molecule has 16 heavy (non-hydrogen) atoms. The van der Waals surface area contributed by atoms with Gasteiger partial charge in [-0.3, -0.25) is 9.69 Å². The van der Waals surface area contributed by atoms with Crippen molar-refractivity contribution in [3.8, 4) is 6.01 Å². The molecule has 1 atom stereocenters. The third kappa shape index (κ3) is 2.08. The fraction of sp³-hybridized carbons (Fsp3) is 0.556. The zero-order valence-corrected chi connectivity index (χ0v) is 9.94. The smallest absolute Gasteiger partial charge is 0.321 e. The minimum absolute atomic E-state index is 0.0207. The molecule has 0 saturated carbocycles. The van der Waals surface area contributed by atoms with Crippen molar-refractivity contribution in [2.75, 3.05) is 18.6 Å². The minimum Gasteiger partial charge on any atom is -0.467 e. The molecule has 7 heteroatoms. The van der Waals surface area contributed by atoms with Gasteiger partial charge in [0.2, 0.25) is 11.9 Å². The van der Waals surface area contributed by atoms with Crippen molar-refractivity contribution >= 4 is 24.5 Å². The molecule has 1 aliphatic rings. The van der Waals surface area contributed by atoms with Crippen molar-refractivity contribution in [3.63, 3.8) is 0 Å². The first-order chi connectivity index (χ1) is 7.60. The van der Waals surface area contributed by atoms with Gasteiger partial charge in [-0.25, -0.2) is 0 Å². The number of aryl methyl sites for hydroxylation is 1. The second kappa shape index (κ2) is 4.25. The van der Waals surface area contributed by atoms with Crippen LogP contribution in [0.3, 0.4) is 0 Å². The molecule has 0 radical (unpaired) electrons. The van der Waals surface area contributed by atoms with E-state index >= 15 is 0 Å². The quantitative estimate of drug-likeness (QED) is 0.749. The van der Waals surface area contributed by atoms with Crippen LogP contribution in [-0.4, -0.2) is 39.8 Å². The monoisotopic (exact) mass is 240 g/mol. The van der Waals surface area contributed by atoms with E-state index in [9.17, 15) is 4.79 Å². The Morgan fingerprint density at radius 1 is 1.44 bits per heavy atom. The molecule has 1 unspecified atom stereocenters. The second-order valence-corrected chi connectivity index (χ2v) is 4.26. The van der Waals surface area contributed by atoms with Crippen molar-refractivity contribution in [2.45, 2.75) is 18.6 Å². The zero-order chi connectivity index (χ0) is 11.7. The Bertz CT molecular complexity index is 426. The van der Waals surface area contributed by atoms with Gasteiger partial charge in [0.05, 0.1) is 7.11 Å². The minimum atomic E-state index is -0.0207. The molecule has 1 aromatic heterocycles. The summed E-state index contributed by atoms with van der Waals surface area (Å²) in [4.78, 5) is 25.3. The first-order valence-electron chi connectivity index (χ1n) is 4.85. The molecular formula is C9H12N4O2S. The van der Waals surface area contributed by atoms with Crippen molar-refractivity contribution < 1.29 is 9.53 Å². The van der Waals surface area contributed by atoms with Gasteiger partial charge >= 0.3 is 6.01 Å². The molecule has 1 aliphatic heterocycles. The van der Waals surface area contributed by atoms with Crippen LogP contribution in [0.4, 0.5) is 5.95 Å². The summed E-state index contributed by atoms with van der Waals surface area (Å²) >= 11 is 4.27. The first kappa shape index (κ1) is 11.1. The van der Waals surface area contributed by atoms with Crippen LogP contribution in [0, 0.1) is 6.92 Å². The molecule has 6 nitrogen and oxygen atoms in total. The van der Waals surface area contributed by atoms with E-state index in [1.165, 1.54) is 12.0 Å². The fourth-order valence-corrected chi connectivity index (χ4v) is 1.86. The number of thiol groups is 1. The molecule has 2 heterocycles. The summed E-state index contributed by atoms with van der Waals surface area (Å²) in [7, 11) is 1.48. The van der Waals surface area contributed by atoms with Crippen LogP contribution in [0.1, 0.15) is 12.2 Å². The summed E-state index contributed by atoms with van der Waals surface area (Å²) in [5.41, 5.74) is 0. The Balaban J connectivity index is 2.33. The predicted octanol–water partition coefficient (Wildman–Crippen LogP) is 0.224. The number of anilines is 1. The van der Waals surface area contributed by atoms with Gasteiger partial charge in [-0.05, 0) is 6.92 Å². The highest BCUT2D eigenvalue weighted by atomic mass is 32.1. The summed E-state index contributed by atoms with van der Waals surface area (Å²) in [5, 5.41) is 0.0376. The first-order valence-corrected chi connectivity index (χ1v) is 5.37. The Kier molecular flexibility index (Phi) is 2.95. The van der Waals surface area contributed by atoms with Gasteiger partial charge < -0.3 is 4.74 Å². The third-order valence-corrected chi connectivity index (χ3v) is 2.59. The van der Waals surface area contributed by atoms with E-state index in [1.54, 1.807) is 6.92 Å². The van der Waals surface area contributed by atoms with Crippen LogP contribution in [0.2, 0.25) is 0 Å². The molecule has 0 aromatic carbocycles. The summed E-state index contributed by atoms with van der Waals surface area (Å²) in [6, 6.07) is 0.220. The lowest BCUT2D eigenvalue weighted by atomic mass is 10.4. The number of nitrogens with zero attached hydrogens (tertiary/aromatic N) is 4. The topological polar surface area (TPSA) is 68.2 Å². The molecule has 0 bridgehead atoms. The van der Waals surface area contributed by atoms with Gasteiger partial charge in [0.15, 0.2) is 0 Å². The Hall–Kier alpha value is -1.37. The number of hydrogen-bond donors (Lipinski definition) is 1. The molecule has 1 amide bonds. The van der Waals surface area contributed by atoms with Gasteiger partial charge in [0, 0.05) is 18.2 Å². The Labute approximate surface area is 98.5 Å². The van der Waals surface area contributed by atoms with Gasteiger partial charge in [0.25, 0.3) is 0 Å². The van der Waals surface area contributed by atoms with E-state index in [2.05, 4.69) is 27.6 Å². The maximum absolute atomic E-state index is 11.6. The maximum atomic E-state index is 11.6. The van der Waals surface area contributed by atoms with Crippen LogP contribution >= 0.6 is 12.6 Å². The molecule has 86 valence electrons. The van der Waals surface area contributed by atoms with Gasteiger partial charge in [-0.15, -0.1) is 0 Å². The molecule has 2 rings (SSSR count). The number of methoxy groups -OCH3 is 1. The van der Waals surface area contributed by atoms with E-state index in [1.807, 2.05) is 0 Å². The predicted molar refractivity (Wildman–Crippen MR) is 60.9 cm³/mol. The third-order valence-electron chi connectivity index (χ3n) is 2.24. The van der Waals surface area contributed by atoms with Crippen LogP contribution in [0.5, 0.6) is 6.01 Å². The van der Waals surface area contributed by atoms with Gasteiger partial charge in [-0.2, -0.15) is 27.6 Å². The van der Waals surface area contributed by atoms with Crippen LogP contribution in [0.25, 0.3) is 0 Å². The zero-order valence-electron chi connectivity index (χ0n) is 9.04. The summed E-state index contributed by atoms with van der Waals surface area (Å²) in [6.45, 7) is 2.25. The molecule has 1 fully saturated rings. The lowest BCUT2D eigenvalue weighted by Crippen LogP contribution is -2.27. The number of hydrogen-bond acceptors (Lipinski definition) is 6. The molecule has 0 N–H and O–H groups in total. The van der Waals surface area contributed by atoms with Crippen LogP contribution in [-0.2, 0) is 4.79 Å². The standard InChI is InChI=1S/C9H12N4O2S/c1-5-10-8(12-9(11-5)15-2)13-4-6(16)3-7(13)14/h6,16H,3-4H2,1-2H3. The highest BCUT2D eigenvalue weighted by molar-refractivity contribution is 7.81. The number of carbonyl (C=O) groups is 1.